The summed E-state index contributed by atoms with van der Waals surface area (Å²) >= 11 is 0. The van der Waals surface area contributed by atoms with Gasteiger partial charge in [0.1, 0.15) is 0 Å². The second-order valence-electron chi connectivity index (χ2n) is 11.5. The van der Waals surface area contributed by atoms with Crippen molar-refractivity contribution in [3.05, 3.63) is 59.2 Å². The predicted molar refractivity (Wildman–Crippen MR) is 133 cm³/mol. The number of carbonyl (C=O) groups is 2. The summed E-state index contributed by atoms with van der Waals surface area (Å²) in [6.45, 7) is 6.09. The van der Waals surface area contributed by atoms with Gasteiger partial charge in [-0.05, 0) is 67.7 Å². The van der Waals surface area contributed by atoms with Gasteiger partial charge in [0.25, 0.3) is 0 Å². The molecule has 7 heteroatoms. The molecule has 7 atom stereocenters. The molecule has 0 saturated heterocycles. The minimum Gasteiger partial charge on any atom is -0.422 e. The Morgan fingerprint density at radius 2 is 2.00 bits per heavy atom. The van der Waals surface area contributed by atoms with E-state index in [1.54, 1.807) is 12.2 Å². The number of allylic oxidation sites excluding steroid dienone is 4. The van der Waals surface area contributed by atoms with Crippen molar-refractivity contribution in [3.8, 4) is 0 Å². The van der Waals surface area contributed by atoms with Crippen LogP contribution < -0.4 is 5.32 Å². The molecule has 0 spiro atoms. The van der Waals surface area contributed by atoms with Crippen molar-refractivity contribution in [2.45, 2.75) is 71.3 Å². The Labute approximate surface area is 212 Å². The predicted octanol–water partition coefficient (Wildman–Crippen LogP) is 4.16. The number of amides is 1. The second-order valence-corrected chi connectivity index (χ2v) is 11.5. The highest BCUT2D eigenvalue weighted by atomic mass is 16.7. The van der Waals surface area contributed by atoms with E-state index in [0.29, 0.717) is 19.4 Å². The Bertz CT molecular complexity index is 1110. The molecule has 194 valence electrons. The molecule has 4 aliphatic rings. The van der Waals surface area contributed by atoms with E-state index >= 15 is 0 Å². The Kier molecular flexibility index (Phi) is 6.38. The smallest absolute Gasteiger partial charge is 0.409 e. The molecule has 5 rings (SSSR count). The van der Waals surface area contributed by atoms with Crippen LogP contribution in [0, 0.1) is 35.5 Å². The first-order valence-electron chi connectivity index (χ1n) is 13.0. The van der Waals surface area contributed by atoms with Crippen LogP contribution in [-0.2, 0) is 20.8 Å². The third-order valence-corrected chi connectivity index (χ3v) is 9.74. The number of nitrogens with one attached hydrogen (secondary N) is 1. The number of hydrogen-bond acceptors (Lipinski definition) is 6. The number of aliphatic hydroxyl groups excluding tert-OH is 1. The topological polar surface area (TPSA) is 105 Å². The van der Waals surface area contributed by atoms with Crippen molar-refractivity contribution in [2.24, 2.45) is 28.6 Å². The highest BCUT2D eigenvalue weighted by molar-refractivity contribution is 6.01. The molecular formula is C29H37NO6. The van der Waals surface area contributed by atoms with Crippen molar-refractivity contribution >= 4 is 11.9 Å². The first-order valence-corrected chi connectivity index (χ1v) is 13.0. The fraction of sp³-hybridized carbons (Fsp3) is 0.586. The molecule has 0 radical (unpaired) electrons. The first-order chi connectivity index (χ1) is 17.1. The van der Waals surface area contributed by atoms with Crippen LogP contribution in [0.15, 0.2) is 48.1 Å². The van der Waals surface area contributed by atoms with E-state index < -0.39 is 23.4 Å². The van der Waals surface area contributed by atoms with E-state index in [9.17, 15) is 19.8 Å². The summed E-state index contributed by atoms with van der Waals surface area (Å²) < 4.78 is 11.1. The third kappa shape index (κ3) is 4.01. The molecule has 0 aliphatic heterocycles. The molecule has 1 aromatic rings. The molecule has 7 unspecified atom stereocenters. The van der Waals surface area contributed by atoms with Crippen LogP contribution in [0.4, 0.5) is 4.79 Å². The number of alkyl carbamates (subject to hydrolysis) is 1. The normalized spacial score (nSPS) is 39.0. The van der Waals surface area contributed by atoms with Crippen molar-refractivity contribution in [1.82, 2.24) is 5.32 Å². The monoisotopic (exact) mass is 495 g/mol. The van der Waals surface area contributed by atoms with Crippen LogP contribution in [0.25, 0.3) is 0 Å². The summed E-state index contributed by atoms with van der Waals surface area (Å²) in [5, 5.41) is 25.8. The van der Waals surface area contributed by atoms with Crippen LogP contribution in [0.1, 0.15) is 57.1 Å². The summed E-state index contributed by atoms with van der Waals surface area (Å²) in [5.74, 6) is -1.12. The van der Waals surface area contributed by atoms with Crippen LogP contribution in [0.5, 0.6) is 0 Å². The maximum Gasteiger partial charge on any atom is 0.409 e. The molecule has 4 aliphatic carbocycles. The summed E-state index contributed by atoms with van der Waals surface area (Å²) in [7, 11) is 0. The Balaban J connectivity index is 1.23. The Morgan fingerprint density at radius 1 is 1.22 bits per heavy atom. The lowest BCUT2D eigenvalue weighted by Crippen LogP contribution is -2.60. The van der Waals surface area contributed by atoms with Gasteiger partial charge in [-0.25, -0.2) is 4.79 Å². The van der Waals surface area contributed by atoms with E-state index in [1.807, 2.05) is 44.2 Å². The lowest BCUT2D eigenvalue weighted by molar-refractivity contribution is -0.304. The highest BCUT2D eigenvalue weighted by Crippen LogP contribution is 2.67. The molecule has 0 bridgehead atoms. The molecule has 0 heterocycles. The fourth-order valence-corrected chi connectivity index (χ4v) is 7.74. The molecule has 3 N–H and O–H groups in total. The highest BCUT2D eigenvalue weighted by Gasteiger charge is 2.67. The fourth-order valence-electron chi connectivity index (χ4n) is 7.74. The number of aliphatic hydroxyl groups is 2. The maximum absolute atomic E-state index is 12.2. The van der Waals surface area contributed by atoms with E-state index in [2.05, 4.69) is 12.2 Å². The van der Waals surface area contributed by atoms with E-state index in [-0.39, 0.29) is 35.7 Å². The van der Waals surface area contributed by atoms with Crippen LogP contribution >= 0.6 is 0 Å². The van der Waals surface area contributed by atoms with Crippen LogP contribution in [0.3, 0.4) is 0 Å². The third-order valence-electron chi connectivity index (χ3n) is 9.74. The van der Waals surface area contributed by atoms with Gasteiger partial charge < -0.3 is 25.0 Å². The lowest BCUT2D eigenvalue weighted by Gasteiger charge is -2.59. The summed E-state index contributed by atoms with van der Waals surface area (Å²) in [5.41, 5.74) is 2.17. The standard InChI is InChI=1S/C29H37NO6/c1-18-6-4-5-7-19(18)16-30-26(33)35-17-36-29(34)13-11-23-22-9-8-20-14-21(31)10-12-27(20,2)25(22)24(32)15-28(23,29)3/h4-7,10,12,14,22-25,32,34H,8-9,11,13,15-17H2,1-3H3,(H,30,33). The molecule has 0 aromatic heterocycles. The zero-order chi connectivity index (χ0) is 25.7. The molecule has 3 fully saturated rings. The zero-order valence-corrected chi connectivity index (χ0v) is 21.3. The van der Waals surface area contributed by atoms with E-state index in [0.717, 1.165) is 36.0 Å². The second kappa shape index (κ2) is 9.12. The summed E-state index contributed by atoms with van der Waals surface area (Å²) in [4.78, 5) is 24.2. The minimum atomic E-state index is -1.49. The molecule has 1 amide bonds. The average Bonchev–Trinajstić information content (AvgIpc) is 3.09. The molecular weight excluding hydrogens is 458 g/mol. The van der Waals surface area contributed by atoms with Gasteiger partial charge in [0.05, 0.1) is 6.10 Å². The number of fused-ring (bicyclic) bond motifs is 5. The average molecular weight is 496 g/mol. The van der Waals surface area contributed by atoms with Gasteiger partial charge in [-0.1, -0.05) is 49.8 Å². The Hall–Kier alpha value is -2.48. The quantitative estimate of drug-likeness (QED) is 0.530. The number of carbonyl (C=O) groups excluding carboxylic acids is 2. The lowest BCUT2D eigenvalue weighted by atomic mass is 9.47. The molecule has 7 nitrogen and oxygen atoms in total. The van der Waals surface area contributed by atoms with Gasteiger partial charge >= 0.3 is 6.09 Å². The number of benzene rings is 1. The number of ketones is 1. The van der Waals surface area contributed by atoms with Gasteiger partial charge in [-0.2, -0.15) is 0 Å². The van der Waals surface area contributed by atoms with Crippen molar-refractivity contribution in [1.29, 1.82) is 0 Å². The van der Waals surface area contributed by atoms with Crippen molar-refractivity contribution in [2.75, 3.05) is 6.79 Å². The van der Waals surface area contributed by atoms with Crippen LogP contribution in [-0.4, -0.2) is 40.8 Å². The van der Waals surface area contributed by atoms with Crippen molar-refractivity contribution < 1.29 is 29.3 Å². The van der Waals surface area contributed by atoms with E-state index in [1.165, 1.54) is 0 Å². The summed E-state index contributed by atoms with van der Waals surface area (Å²) in [6.07, 6.45) is 7.37. The Morgan fingerprint density at radius 3 is 2.78 bits per heavy atom. The maximum atomic E-state index is 12.2. The van der Waals surface area contributed by atoms with Gasteiger partial charge in [-0.15, -0.1) is 0 Å². The number of hydrogen-bond donors (Lipinski definition) is 3. The SMILES string of the molecule is Cc1ccccc1CNC(=O)OCOC1(O)CCC2C3CCC4=CC(=O)C=CC4(C)C3C(O)CC21C. The van der Waals surface area contributed by atoms with Crippen LogP contribution in [0.2, 0.25) is 0 Å². The van der Waals surface area contributed by atoms with Gasteiger partial charge in [0.15, 0.2) is 18.4 Å². The van der Waals surface area contributed by atoms with Crippen molar-refractivity contribution in [3.63, 3.8) is 0 Å². The van der Waals surface area contributed by atoms with E-state index in [4.69, 9.17) is 9.47 Å². The largest absolute Gasteiger partial charge is 0.422 e. The molecule has 36 heavy (non-hydrogen) atoms. The number of aryl methyl sites for hydroxylation is 1. The molecule has 1 aromatic carbocycles. The number of ether oxygens (including phenoxy) is 2. The minimum absolute atomic E-state index is 0.00857. The van der Waals surface area contributed by atoms with Gasteiger partial charge in [0.2, 0.25) is 0 Å². The summed E-state index contributed by atoms with van der Waals surface area (Å²) in [6, 6.07) is 7.79. The first kappa shape index (κ1) is 25.2. The van der Waals surface area contributed by atoms with Gasteiger partial charge in [-0.3, -0.25) is 4.79 Å². The van der Waals surface area contributed by atoms with Gasteiger partial charge in [0, 0.05) is 29.7 Å². The zero-order valence-electron chi connectivity index (χ0n) is 21.3. The molecule has 3 saturated carbocycles. The number of rotatable bonds is 5.